The monoisotopic (exact) mass is 366 g/mol. The van der Waals surface area contributed by atoms with Crippen molar-refractivity contribution in [1.82, 2.24) is 5.32 Å². The predicted molar refractivity (Wildman–Crippen MR) is 103 cm³/mol. The van der Waals surface area contributed by atoms with E-state index >= 15 is 0 Å². The molecule has 2 fully saturated rings. The fraction of sp³-hybridized carbons (Fsp3) is 0.667. The molecule has 3 rings (SSSR count). The second-order valence-electron chi connectivity index (χ2n) is 7.03. The summed E-state index contributed by atoms with van der Waals surface area (Å²) in [6.45, 7) is 4.30. The highest BCUT2D eigenvalue weighted by Crippen LogP contribution is 2.49. The van der Waals surface area contributed by atoms with Gasteiger partial charge in [-0.2, -0.15) is 0 Å². The summed E-state index contributed by atoms with van der Waals surface area (Å²) in [4.78, 5) is 13.1. The Morgan fingerprint density at radius 2 is 2.25 bits per heavy atom. The van der Waals surface area contributed by atoms with Gasteiger partial charge in [-0.3, -0.25) is 0 Å². The molecule has 2 aliphatic carbocycles. The van der Waals surface area contributed by atoms with Crippen molar-refractivity contribution < 1.29 is 9.53 Å². The van der Waals surface area contributed by atoms with Crippen LogP contribution in [0.2, 0.25) is 0 Å². The number of nitrogens with one attached hydrogen (secondary N) is 2. The molecular weight excluding hydrogens is 340 g/mol. The normalized spacial score (nSPS) is 26.2. The Morgan fingerprint density at radius 1 is 1.46 bits per heavy atom. The Kier molecular flexibility index (Phi) is 5.45. The molecule has 4 unspecified atom stereocenters. The molecule has 0 spiro atoms. The van der Waals surface area contributed by atoms with Gasteiger partial charge in [-0.05, 0) is 68.6 Å². The average molecular weight is 367 g/mol. The van der Waals surface area contributed by atoms with E-state index in [0.29, 0.717) is 16.7 Å². The van der Waals surface area contributed by atoms with Crippen molar-refractivity contribution in [3.63, 3.8) is 0 Å². The molecule has 1 aromatic rings. The second kappa shape index (κ2) is 7.40. The van der Waals surface area contributed by atoms with Gasteiger partial charge in [0.1, 0.15) is 5.00 Å². The molecule has 2 aliphatic rings. The van der Waals surface area contributed by atoms with Crippen LogP contribution in [0.15, 0.2) is 6.07 Å². The molecule has 2 N–H and O–H groups in total. The van der Waals surface area contributed by atoms with Gasteiger partial charge in [0.05, 0.1) is 12.7 Å². The lowest BCUT2D eigenvalue weighted by atomic mass is 9.84. The van der Waals surface area contributed by atoms with Gasteiger partial charge in [0.15, 0.2) is 5.11 Å². The first-order chi connectivity index (χ1) is 11.5. The van der Waals surface area contributed by atoms with Crippen molar-refractivity contribution in [3.8, 4) is 0 Å². The summed E-state index contributed by atoms with van der Waals surface area (Å²) in [5.41, 5.74) is 0.566. The third-order valence-electron chi connectivity index (χ3n) is 5.56. The number of fused-ring (bicyclic) bond motifs is 2. The maximum Gasteiger partial charge on any atom is 0.340 e. The minimum atomic E-state index is -0.322. The van der Waals surface area contributed by atoms with E-state index in [9.17, 15) is 4.79 Å². The maximum atomic E-state index is 11.9. The molecule has 24 heavy (non-hydrogen) atoms. The van der Waals surface area contributed by atoms with E-state index in [0.717, 1.165) is 34.1 Å². The van der Waals surface area contributed by atoms with Crippen molar-refractivity contribution in [3.05, 3.63) is 16.5 Å². The van der Waals surface area contributed by atoms with Crippen LogP contribution in [0, 0.1) is 17.8 Å². The van der Waals surface area contributed by atoms with Crippen molar-refractivity contribution in [2.75, 3.05) is 12.4 Å². The molecule has 1 aromatic heterocycles. The number of aryl methyl sites for hydroxylation is 1. The Balaban J connectivity index is 1.62. The first kappa shape index (κ1) is 17.7. The number of methoxy groups -OCH3 is 1. The van der Waals surface area contributed by atoms with E-state index in [1.54, 1.807) is 11.3 Å². The first-order valence-corrected chi connectivity index (χ1v) is 10.0. The highest BCUT2D eigenvalue weighted by atomic mass is 32.1. The van der Waals surface area contributed by atoms with Crippen LogP contribution in [0.25, 0.3) is 0 Å². The molecular formula is C18H26N2O2S2. The minimum absolute atomic E-state index is 0.322. The van der Waals surface area contributed by atoms with Crippen molar-refractivity contribution >= 4 is 39.6 Å². The lowest BCUT2D eigenvalue weighted by Crippen LogP contribution is -2.42. The van der Waals surface area contributed by atoms with Gasteiger partial charge in [-0.15, -0.1) is 11.3 Å². The second-order valence-corrected chi connectivity index (χ2v) is 8.57. The van der Waals surface area contributed by atoms with Crippen molar-refractivity contribution in [2.24, 2.45) is 17.8 Å². The fourth-order valence-electron chi connectivity index (χ4n) is 4.33. The number of hydrogen-bond donors (Lipinski definition) is 2. The molecule has 0 aliphatic heterocycles. The van der Waals surface area contributed by atoms with Gasteiger partial charge >= 0.3 is 5.97 Å². The Morgan fingerprint density at radius 3 is 2.83 bits per heavy atom. The topological polar surface area (TPSA) is 50.4 Å². The zero-order valence-corrected chi connectivity index (χ0v) is 16.2. The lowest BCUT2D eigenvalue weighted by Gasteiger charge is -2.29. The van der Waals surface area contributed by atoms with E-state index in [1.165, 1.54) is 32.8 Å². The molecule has 1 heterocycles. The predicted octanol–water partition coefficient (Wildman–Crippen LogP) is 4.21. The average Bonchev–Trinajstić information content (AvgIpc) is 3.28. The maximum absolute atomic E-state index is 11.9. The van der Waals surface area contributed by atoms with E-state index in [2.05, 4.69) is 24.5 Å². The molecule has 0 aromatic carbocycles. The van der Waals surface area contributed by atoms with E-state index in [-0.39, 0.29) is 5.97 Å². The van der Waals surface area contributed by atoms with Crippen LogP contribution in [0.4, 0.5) is 5.00 Å². The van der Waals surface area contributed by atoms with Crippen molar-refractivity contribution in [2.45, 2.75) is 52.0 Å². The first-order valence-electron chi connectivity index (χ1n) is 8.80. The molecule has 0 amide bonds. The number of carbonyl (C=O) groups is 1. The van der Waals surface area contributed by atoms with Crippen LogP contribution in [0.1, 0.15) is 54.8 Å². The molecule has 4 atom stereocenters. The number of rotatable bonds is 5. The Hall–Kier alpha value is -1.14. The quantitative estimate of drug-likeness (QED) is 0.604. The van der Waals surface area contributed by atoms with Gasteiger partial charge < -0.3 is 15.4 Å². The summed E-state index contributed by atoms with van der Waals surface area (Å²) in [6.07, 6.45) is 6.40. The molecule has 0 radical (unpaired) electrons. The number of anilines is 1. The van der Waals surface area contributed by atoms with Gasteiger partial charge in [0.2, 0.25) is 0 Å². The number of hydrogen-bond acceptors (Lipinski definition) is 4. The smallest absolute Gasteiger partial charge is 0.340 e. The molecule has 4 nitrogen and oxygen atoms in total. The molecule has 2 saturated carbocycles. The van der Waals surface area contributed by atoms with Crippen LogP contribution in [0.5, 0.6) is 0 Å². The third kappa shape index (κ3) is 3.59. The Labute approximate surface area is 153 Å². The van der Waals surface area contributed by atoms with Crippen LogP contribution < -0.4 is 10.6 Å². The highest BCUT2D eigenvalue weighted by molar-refractivity contribution is 7.80. The summed E-state index contributed by atoms with van der Waals surface area (Å²) in [7, 11) is 1.41. The van der Waals surface area contributed by atoms with Crippen LogP contribution in [0.3, 0.4) is 0 Å². The molecule has 6 heteroatoms. The van der Waals surface area contributed by atoms with Gasteiger partial charge in [0.25, 0.3) is 0 Å². The zero-order valence-electron chi connectivity index (χ0n) is 14.6. The van der Waals surface area contributed by atoms with Crippen LogP contribution >= 0.6 is 23.6 Å². The third-order valence-corrected chi connectivity index (χ3v) is 6.97. The van der Waals surface area contributed by atoms with E-state index in [1.807, 2.05) is 6.07 Å². The SMILES string of the molecule is CCc1cc(C(=O)OC)c(NC(=S)NC(C)C2CC3CCC2C3)s1. The van der Waals surface area contributed by atoms with Crippen LogP contribution in [-0.2, 0) is 11.2 Å². The van der Waals surface area contributed by atoms with E-state index < -0.39 is 0 Å². The molecule has 0 saturated heterocycles. The summed E-state index contributed by atoms with van der Waals surface area (Å²) in [5, 5.41) is 8.03. The Bertz CT molecular complexity index is 629. The summed E-state index contributed by atoms with van der Waals surface area (Å²) in [6, 6.07) is 2.26. The lowest BCUT2D eigenvalue weighted by molar-refractivity contribution is 0.0602. The highest BCUT2D eigenvalue weighted by Gasteiger charge is 2.41. The zero-order chi connectivity index (χ0) is 17.3. The summed E-state index contributed by atoms with van der Waals surface area (Å²) in [5.74, 6) is 2.19. The summed E-state index contributed by atoms with van der Waals surface area (Å²) >= 11 is 7.06. The van der Waals surface area contributed by atoms with Crippen LogP contribution in [-0.4, -0.2) is 24.2 Å². The number of carbonyl (C=O) groups excluding carboxylic acids is 1. The van der Waals surface area contributed by atoms with Gasteiger partial charge in [-0.25, -0.2) is 4.79 Å². The largest absolute Gasteiger partial charge is 0.465 e. The number of thiocarbonyl (C=S) groups is 1. The number of ether oxygens (including phenoxy) is 1. The minimum Gasteiger partial charge on any atom is -0.465 e. The van der Waals surface area contributed by atoms with Gasteiger partial charge in [-0.1, -0.05) is 13.3 Å². The van der Waals surface area contributed by atoms with E-state index in [4.69, 9.17) is 17.0 Å². The summed E-state index contributed by atoms with van der Waals surface area (Å²) < 4.78 is 4.88. The molecule has 132 valence electrons. The number of esters is 1. The fourth-order valence-corrected chi connectivity index (χ4v) is 5.67. The standard InChI is InChI=1S/C18H26N2O2S2/c1-4-13-9-15(17(21)22-3)16(24-13)20-18(23)19-10(2)14-8-11-5-6-12(14)7-11/h9-12,14H,4-8H2,1-3H3,(H2,19,20,23). The number of thiophene rings is 1. The van der Waals surface area contributed by atoms with Gasteiger partial charge in [0, 0.05) is 10.9 Å². The van der Waals surface area contributed by atoms with Crippen molar-refractivity contribution in [1.29, 1.82) is 0 Å². The molecule has 2 bridgehead atoms.